The fourth-order valence-electron chi connectivity index (χ4n) is 2.98. The first kappa shape index (κ1) is 15.3. The Morgan fingerprint density at radius 3 is 2.78 bits per heavy atom. The summed E-state index contributed by atoms with van der Waals surface area (Å²) in [5, 5.41) is 11.0. The number of rotatable bonds is 5. The molecule has 0 spiro atoms. The van der Waals surface area contributed by atoms with Crippen molar-refractivity contribution in [2.45, 2.75) is 40.2 Å². The summed E-state index contributed by atoms with van der Waals surface area (Å²) in [4.78, 5) is 12.8. The molecule has 2 heterocycles. The molecule has 5 nitrogen and oxygen atoms in total. The number of hydrogen-bond donors (Lipinski definition) is 2. The van der Waals surface area contributed by atoms with Crippen LogP contribution in [0.1, 0.15) is 41.5 Å². The second kappa shape index (κ2) is 6.28. The topological polar surface area (TPSA) is 62.7 Å². The van der Waals surface area contributed by atoms with E-state index in [2.05, 4.69) is 39.1 Å². The zero-order chi connectivity index (χ0) is 16.4. The first-order valence-electron chi connectivity index (χ1n) is 8.03. The van der Waals surface area contributed by atoms with Crippen LogP contribution in [0.15, 0.2) is 30.3 Å². The summed E-state index contributed by atoms with van der Waals surface area (Å²) in [7, 11) is 0. The maximum atomic E-state index is 12.8. The van der Waals surface area contributed by atoms with Gasteiger partial charge in [-0.05, 0) is 31.9 Å². The van der Waals surface area contributed by atoms with Crippen molar-refractivity contribution in [3.63, 3.8) is 0 Å². The molecule has 0 saturated carbocycles. The smallest absolute Gasteiger partial charge is 0.273 e. The van der Waals surface area contributed by atoms with Gasteiger partial charge in [-0.2, -0.15) is 5.10 Å². The Morgan fingerprint density at radius 2 is 2.09 bits per heavy atom. The molecule has 0 unspecified atom stereocenters. The Balaban J connectivity index is 2.04. The van der Waals surface area contributed by atoms with Crippen LogP contribution in [0.2, 0.25) is 0 Å². The van der Waals surface area contributed by atoms with E-state index in [1.54, 1.807) is 0 Å². The minimum atomic E-state index is -0.110. The Bertz CT molecular complexity index is 844. The van der Waals surface area contributed by atoms with Gasteiger partial charge in [0.05, 0.1) is 0 Å². The molecular formula is C18H22N4O. The van der Waals surface area contributed by atoms with Gasteiger partial charge in [0.1, 0.15) is 5.69 Å². The van der Waals surface area contributed by atoms with Gasteiger partial charge in [-0.3, -0.25) is 9.89 Å². The highest BCUT2D eigenvalue weighted by Crippen LogP contribution is 2.26. The van der Waals surface area contributed by atoms with Crippen LogP contribution in [0.4, 0.5) is 5.82 Å². The second-order valence-electron chi connectivity index (χ2n) is 5.89. The minimum absolute atomic E-state index is 0.110. The number of aromatic amines is 1. The Hall–Kier alpha value is -2.56. The van der Waals surface area contributed by atoms with Crippen molar-refractivity contribution in [3.8, 4) is 0 Å². The van der Waals surface area contributed by atoms with Crippen LogP contribution in [0.3, 0.4) is 0 Å². The van der Waals surface area contributed by atoms with Crippen LogP contribution in [0.5, 0.6) is 0 Å². The summed E-state index contributed by atoms with van der Waals surface area (Å²) in [5.41, 5.74) is 3.77. The molecule has 0 aliphatic heterocycles. The molecule has 120 valence electrons. The SMILES string of the molecule is CCCCn1c(C(=O)Nc2cc(C)[nH]n2)c(C)c2ccccc21. The van der Waals surface area contributed by atoms with Gasteiger partial charge < -0.3 is 9.88 Å². The monoisotopic (exact) mass is 310 g/mol. The lowest BCUT2D eigenvalue weighted by Crippen LogP contribution is -2.18. The van der Waals surface area contributed by atoms with Crippen molar-refractivity contribution in [1.29, 1.82) is 0 Å². The fourth-order valence-corrected chi connectivity index (χ4v) is 2.98. The molecule has 0 radical (unpaired) electrons. The highest BCUT2D eigenvalue weighted by atomic mass is 16.2. The lowest BCUT2D eigenvalue weighted by molar-refractivity contribution is 0.101. The van der Waals surface area contributed by atoms with E-state index in [1.165, 1.54) is 0 Å². The molecule has 0 saturated heterocycles. The highest BCUT2D eigenvalue weighted by Gasteiger charge is 2.20. The van der Waals surface area contributed by atoms with Crippen LogP contribution >= 0.6 is 0 Å². The van der Waals surface area contributed by atoms with Crippen LogP contribution in [0, 0.1) is 13.8 Å². The minimum Gasteiger partial charge on any atom is -0.336 e. The van der Waals surface area contributed by atoms with E-state index in [0.29, 0.717) is 5.82 Å². The third-order valence-corrected chi connectivity index (χ3v) is 4.12. The average molecular weight is 310 g/mol. The first-order chi connectivity index (χ1) is 11.1. The van der Waals surface area contributed by atoms with Gasteiger partial charge in [-0.25, -0.2) is 0 Å². The summed E-state index contributed by atoms with van der Waals surface area (Å²) >= 11 is 0. The Kier molecular flexibility index (Phi) is 4.19. The van der Waals surface area contributed by atoms with E-state index in [0.717, 1.165) is 47.2 Å². The van der Waals surface area contributed by atoms with Crippen LogP contribution < -0.4 is 5.32 Å². The number of aromatic nitrogens is 3. The summed E-state index contributed by atoms with van der Waals surface area (Å²) in [6.07, 6.45) is 2.13. The number of hydrogen-bond acceptors (Lipinski definition) is 2. The van der Waals surface area contributed by atoms with Gasteiger partial charge in [-0.15, -0.1) is 0 Å². The van der Waals surface area contributed by atoms with Gasteiger partial charge in [0.2, 0.25) is 0 Å². The predicted octanol–water partition coefficient (Wildman–Crippen LogP) is 4.03. The molecular weight excluding hydrogens is 288 g/mol. The number of aryl methyl sites for hydroxylation is 3. The van der Waals surface area contributed by atoms with Crippen molar-refractivity contribution in [1.82, 2.24) is 14.8 Å². The molecule has 0 fully saturated rings. The molecule has 1 amide bonds. The van der Waals surface area contributed by atoms with Crippen LogP contribution in [-0.4, -0.2) is 20.7 Å². The van der Waals surface area contributed by atoms with E-state index in [9.17, 15) is 4.79 Å². The second-order valence-corrected chi connectivity index (χ2v) is 5.89. The lowest BCUT2D eigenvalue weighted by Gasteiger charge is -2.10. The number of para-hydroxylation sites is 1. The maximum absolute atomic E-state index is 12.8. The summed E-state index contributed by atoms with van der Waals surface area (Å²) in [6.45, 7) is 6.92. The molecule has 2 aromatic heterocycles. The first-order valence-corrected chi connectivity index (χ1v) is 8.03. The molecule has 0 atom stereocenters. The number of carbonyl (C=O) groups excluding carboxylic acids is 1. The summed E-state index contributed by atoms with van der Waals surface area (Å²) < 4.78 is 2.13. The van der Waals surface area contributed by atoms with Gasteiger partial charge in [0.25, 0.3) is 5.91 Å². The number of amides is 1. The van der Waals surface area contributed by atoms with Crippen molar-refractivity contribution in [2.24, 2.45) is 0 Å². The number of benzene rings is 1. The molecule has 1 aromatic carbocycles. The molecule has 0 bridgehead atoms. The van der Waals surface area contributed by atoms with Crippen LogP contribution in [-0.2, 0) is 6.54 Å². The summed E-state index contributed by atoms with van der Waals surface area (Å²) in [5.74, 6) is 0.445. The van der Waals surface area contributed by atoms with E-state index in [1.807, 2.05) is 32.0 Å². The molecule has 5 heteroatoms. The standard InChI is InChI=1S/C18H22N4O/c1-4-5-10-22-15-9-7-6-8-14(15)13(3)17(22)18(23)19-16-11-12(2)20-21-16/h6-9,11H,4-5,10H2,1-3H3,(H2,19,20,21,23). The van der Waals surface area contributed by atoms with Gasteiger partial charge in [0.15, 0.2) is 5.82 Å². The molecule has 0 aliphatic rings. The Morgan fingerprint density at radius 1 is 1.30 bits per heavy atom. The predicted molar refractivity (Wildman–Crippen MR) is 92.9 cm³/mol. The zero-order valence-electron chi connectivity index (χ0n) is 13.8. The highest BCUT2D eigenvalue weighted by molar-refractivity contribution is 6.08. The molecule has 0 aliphatic carbocycles. The zero-order valence-corrected chi connectivity index (χ0v) is 13.8. The molecule has 23 heavy (non-hydrogen) atoms. The van der Waals surface area contributed by atoms with Crippen molar-refractivity contribution in [2.75, 3.05) is 5.32 Å². The normalized spacial score (nSPS) is 11.1. The van der Waals surface area contributed by atoms with Gasteiger partial charge in [0, 0.05) is 29.2 Å². The third kappa shape index (κ3) is 2.86. The summed E-state index contributed by atoms with van der Waals surface area (Å²) in [6, 6.07) is 10.0. The van der Waals surface area contributed by atoms with E-state index in [4.69, 9.17) is 0 Å². The maximum Gasteiger partial charge on any atom is 0.273 e. The average Bonchev–Trinajstić information content (AvgIpc) is 3.07. The quantitative estimate of drug-likeness (QED) is 0.747. The number of unbranched alkanes of at least 4 members (excludes halogenated alkanes) is 1. The lowest BCUT2D eigenvalue weighted by atomic mass is 10.1. The largest absolute Gasteiger partial charge is 0.336 e. The number of nitrogens with one attached hydrogen (secondary N) is 2. The molecule has 3 rings (SSSR count). The Labute approximate surface area is 135 Å². The van der Waals surface area contributed by atoms with E-state index in [-0.39, 0.29) is 5.91 Å². The molecule has 3 aromatic rings. The van der Waals surface area contributed by atoms with E-state index >= 15 is 0 Å². The fraction of sp³-hybridized carbons (Fsp3) is 0.333. The molecule has 2 N–H and O–H groups in total. The van der Waals surface area contributed by atoms with Gasteiger partial charge >= 0.3 is 0 Å². The number of H-pyrrole nitrogens is 1. The van der Waals surface area contributed by atoms with E-state index < -0.39 is 0 Å². The van der Waals surface area contributed by atoms with Crippen LogP contribution in [0.25, 0.3) is 10.9 Å². The number of fused-ring (bicyclic) bond motifs is 1. The van der Waals surface area contributed by atoms with Crippen molar-refractivity contribution < 1.29 is 4.79 Å². The number of nitrogens with zero attached hydrogens (tertiary/aromatic N) is 2. The third-order valence-electron chi connectivity index (χ3n) is 4.12. The van der Waals surface area contributed by atoms with Crippen molar-refractivity contribution >= 4 is 22.6 Å². The van der Waals surface area contributed by atoms with Gasteiger partial charge in [-0.1, -0.05) is 31.5 Å². The number of anilines is 1. The van der Waals surface area contributed by atoms with Crippen molar-refractivity contribution in [3.05, 3.63) is 47.3 Å². The number of carbonyl (C=O) groups is 1.